The van der Waals surface area contributed by atoms with E-state index in [0.29, 0.717) is 46.3 Å². The molecule has 1 amide bonds. The fourth-order valence-corrected chi connectivity index (χ4v) is 3.67. The number of carbonyl (C=O) groups is 3. The molecule has 0 saturated heterocycles. The van der Waals surface area contributed by atoms with Crippen molar-refractivity contribution in [1.29, 1.82) is 0 Å². The van der Waals surface area contributed by atoms with Gasteiger partial charge in [0.25, 0.3) is 12.4 Å². The Morgan fingerprint density at radius 2 is 1.31 bits per heavy atom. The molecule has 0 bridgehead atoms. The average Bonchev–Trinajstić information content (AvgIpc) is 2.95. The Hall–Kier alpha value is -5.11. The molecule has 0 aliphatic rings. The van der Waals surface area contributed by atoms with Crippen LogP contribution in [0.1, 0.15) is 37.4 Å². The van der Waals surface area contributed by atoms with Gasteiger partial charge in [-0.05, 0) is 97.3 Å². The quantitative estimate of drug-likeness (QED) is 0.184. The number of rotatable bonds is 10. The molecule has 39 heavy (non-hydrogen) atoms. The SMILES string of the molecule is COC(=O)c1ccc(C)c(Oc2ccc(NC(=O)c3ccc(Oc4cc(COC=O)ccc4C)cc3)cc2)c1. The van der Waals surface area contributed by atoms with Gasteiger partial charge >= 0.3 is 5.97 Å². The Balaban J connectivity index is 1.37. The second-order valence-corrected chi connectivity index (χ2v) is 8.69. The van der Waals surface area contributed by atoms with Gasteiger partial charge in [0.2, 0.25) is 0 Å². The third-order valence-electron chi connectivity index (χ3n) is 5.86. The van der Waals surface area contributed by atoms with E-state index in [0.717, 1.165) is 16.7 Å². The molecule has 4 rings (SSSR count). The number of hydrogen-bond donors (Lipinski definition) is 1. The molecule has 0 aliphatic carbocycles. The lowest BCUT2D eigenvalue weighted by Crippen LogP contribution is -2.11. The number of benzene rings is 4. The van der Waals surface area contributed by atoms with Crippen LogP contribution in [0.5, 0.6) is 23.0 Å². The van der Waals surface area contributed by atoms with Crippen molar-refractivity contribution in [3.63, 3.8) is 0 Å². The highest BCUT2D eigenvalue weighted by atomic mass is 16.5. The van der Waals surface area contributed by atoms with Crippen LogP contribution in [-0.2, 0) is 20.9 Å². The third kappa shape index (κ3) is 7.01. The Kier molecular flexibility index (Phi) is 8.58. The lowest BCUT2D eigenvalue weighted by molar-refractivity contribution is -0.129. The van der Waals surface area contributed by atoms with Crippen LogP contribution >= 0.6 is 0 Å². The second kappa shape index (κ2) is 12.4. The summed E-state index contributed by atoms with van der Waals surface area (Å²) in [5.41, 5.74) is 4.04. The van der Waals surface area contributed by atoms with Crippen molar-refractivity contribution in [2.75, 3.05) is 12.4 Å². The summed E-state index contributed by atoms with van der Waals surface area (Å²) in [4.78, 5) is 35.0. The lowest BCUT2D eigenvalue weighted by Gasteiger charge is -2.12. The molecule has 8 heteroatoms. The number of esters is 1. The van der Waals surface area contributed by atoms with E-state index in [1.807, 2.05) is 32.0 Å². The van der Waals surface area contributed by atoms with Gasteiger partial charge in [-0.3, -0.25) is 9.59 Å². The number of ether oxygens (including phenoxy) is 4. The van der Waals surface area contributed by atoms with E-state index >= 15 is 0 Å². The first-order valence-electron chi connectivity index (χ1n) is 12.1. The molecular formula is C31H27NO7. The van der Waals surface area contributed by atoms with Crippen LogP contribution in [0.2, 0.25) is 0 Å². The average molecular weight is 526 g/mol. The zero-order chi connectivity index (χ0) is 27.8. The number of methoxy groups -OCH3 is 1. The first-order chi connectivity index (χ1) is 18.9. The molecule has 0 radical (unpaired) electrons. The fraction of sp³-hybridized carbons (Fsp3) is 0.129. The van der Waals surface area contributed by atoms with Gasteiger partial charge in [0.05, 0.1) is 12.7 Å². The molecule has 0 unspecified atom stereocenters. The van der Waals surface area contributed by atoms with Crippen LogP contribution in [0.15, 0.2) is 84.9 Å². The molecule has 0 saturated carbocycles. The monoisotopic (exact) mass is 525 g/mol. The summed E-state index contributed by atoms with van der Waals surface area (Å²) in [6.07, 6.45) is 0. The second-order valence-electron chi connectivity index (χ2n) is 8.69. The number of hydrogen-bond acceptors (Lipinski definition) is 7. The van der Waals surface area contributed by atoms with Gasteiger partial charge in [-0.15, -0.1) is 0 Å². The summed E-state index contributed by atoms with van der Waals surface area (Å²) >= 11 is 0. The minimum atomic E-state index is -0.442. The predicted molar refractivity (Wildman–Crippen MR) is 146 cm³/mol. The van der Waals surface area contributed by atoms with Crippen LogP contribution in [-0.4, -0.2) is 25.5 Å². The van der Waals surface area contributed by atoms with E-state index < -0.39 is 5.97 Å². The minimum absolute atomic E-state index is 0.161. The van der Waals surface area contributed by atoms with Crippen LogP contribution in [0, 0.1) is 13.8 Å². The van der Waals surface area contributed by atoms with Gasteiger partial charge in [-0.1, -0.05) is 18.2 Å². The van der Waals surface area contributed by atoms with Crippen LogP contribution in [0.25, 0.3) is 0 Å². The molecule has 8 nitrogen and oxygen atoms in total. The summed E-state index contributed by atoms with van der Waals surface area (Å²) in [5.74, 6) is 1.57. The van der Waals surface area contributed by atoms with Gasteiger partial charge in [0.15, 0.2) is 0 Å². The van der Waals surface area contributed by atoms with Crippen molar-refractivity contribution >= 4 is 24.0 Å². The highest BCUT2D eigenvalue weighted by Gasteiger charge is 2.11. The third-order valence-corrected chi connectivity index (χ3v) is 5.86. The maximum Gasteiger partial charge on any atom is 0.337 e. The van der Waals surface area contributed by atoms with Crippen LogP contribution < -0.4 is 14.8 Å². The molecule has 198 valence electrons. The maximum absolute atomic E-state index is 12.8. The smallest absolute Gasteiger partial charge is 0.337 e. The van der Waals surface area contributed by atoms with Gasteiger partial charge in [-0.2, -0.15) is 0 Å². The van der Waals surface area contributed by atoms with E-state index in [9.17, 15) is 14.4 Å². The summed E-state index contributed by atoms with van der Waals surface area (Å²) in [5, 5.41) is 2.86. The number of carbonyl (C=O) groups excluding carboxylic acids is 3. The predicted octanol–water partition coefficient (Wildman–Crippen LogP) is 6.60. The standard InChI is InChI=1S/C31H27NO7/c1-20-4-6-22(18-37-19-33)16-28(20)38-26-12-8-23(9-13-26)30(34)32-25-10-14-27(15-11-25)39-29-17-24(31(35)36-3)7-5-21(29)2/h4-17,19H,18H2,1-3H3,(H,32,34). The summed E-state index contributed by atoms with van der Waals surface area (Å²) < 4.78 is 21.5. The molecule has 1 N–H and O–H groups in total. The van der Waals surface area contributed by atoms with Crippen molar-refractivity contribution in [3.05, 3.63) is 113 Å². The molecule has 0 aliphatic heterocycles. The summed E-state index contributed by atoms with van der Waals surface area (Å²) in [6, 6.07) is 24.3. The first-order valence-corrected chi connectivity index (χ1v) is 12.1. The Bertz CT molecular complexity index is 1480. The lowest BCUT2D eigenvalue weighted by atomic mass is 10.1. The van der Waals surface area contributed by atoms with Crippen molar-refractivity contribution < 1.29 is 33.3 Å². The normalized spacial score (nSPS) is 10.3. The van der Waals surface area contributed by atoms with E-state index in [1.165, 1.54) is 7.11 Å². The topological polar surface area (TPSA) is 100 Å². The Labute approximate surface area is 226 Å². The van der Waals surface area contributed by atoms with Crippen molar-refractivity contribution in [2.45, 2.75) is 20.5 Å². The molecule has 0 aromatic heterocycles. The van der Waals surface area contributed by atoms with Gasteiger partial charge in [0.1, 0.15) is 29.6 Å². The minimum Gasteiger partial charge on any atom is -0.465 e. The zero-order valence-corrected chi connectivity index (χ0v) is 21.7. The molecule has 0 atom stereocenters. The number of nitrogens with one attached hydrogen (secondary N) is 1. The van der Waals surface area contributed by atoms with Crippen molar-refractivity contribution in [1.82, 2.24) is 0 Å². The van der Waals surface area contributed by atoms with Crippen LogP contribution in [0.3, 0.4) is 0 Å². The molecule has 4 aromatic carbocycles. The maximum atomic E-state index is 12.8. The molecule has 0 heterocycles. The number of aryl methyl sites for hydroxylation is 2. The molecule has 4 aromatic rings. The summed E-state index contributed by atoms with van der Waals surface area (Å²) in [6.45, 7) is 4.36. The molecule has 0 fully saturated rings. The Morgan fingerprint density at radius 1 is 0.744 bits per heavy atom. The van der Waals surface area contributed by atoms with E-state index in [1.54, 1.807) is 66.7 Å². The largest absolute Gasteiger partial charge is 0.465 e. The van der Waals surface area contributed by atoms with Crippen molar-refractivity contribution in [2.24, 2.45) is 0 Å². The van der Waals surface area contributed by atoms with Crippen LogP contribution in [0.4, 0.5) is 5.69 Å². The number of anilines is 1. The van der Waals surface area contributed by atoms with Gasteiger partial charge < -0.3 is 24.3 Å². The highest BCUT2D eigenvalue weighted by molar-refractivity contribution is 6.04. The summed E-state index contributed by atoms with van der Waals surface area (Å²) in [7, 11) is 1.33. The van der Waals surface area contributed by atoms with E-state index in [2.05, 4.69) is 5.32 Å². The fourth-order valence-electron chi connectivity index (χ4n) is 3.67. The van der Waals surface area contributed by atoms with E-state index in [4.69, 9.17) is 18.9 Å². The van der Waals surface area contributed by atoms with E-state index in [-0.39, 0.29) is 12.5 Å². The molecule has 0 spiro atoms. The molecular weight excluding hydrogens is 498 g/mol. The van der Waals surface area contributed by atoms with Crippen molar-refractivity contribution in [3.8, 4) is 23.0 Å². The van der Waals surface area contributed by atoms with Gasteiger partial charge in [0, 0.05) is 11.3 Å². The van der Waals surface area contributed by atoms with Gasteiger partial charge in [-0.25, -0.2) is 4.79 Å². The first kappa shape index (κ1) is 26.9. The zero-order valence-electron chi connectivity index (χ0n) is 21.7. The number of amides is 1. The Morgan fingerprint density at radius 3 is 1.92 bits per heavy atom. The highest BCUT2D eigenvalue weighted by Crippen LogP contribution is 2.29.